The number of nitrogens with one attached hydrogen (secondary N) is 2. The van der Waals surface area contributed by atoms with E-state index in [1.165, 1.54) is 6.07 Å². The molecule has 2 aliphatic heterocycles. The van der Waals surface area contributed by atoms with Gasteiger partial charge in [-0.2, -0.15) is 0 Å². The molecule has 1 aromatic heterocycles. The molecule has 0 radical (unpaired) electrons. The zero-order valence-electron chi connectivity index (χ0n) is 24.2. The molecular weight excluding hydrogens is 537 g/mol. The molecule has 6 rings (SSSR count). The molecule has 1 unspecified atom stereocenters. The number of fused-ring (bicyclic) bond motifs is 3. The number of hydrogen-bond acceptors (Lipinski definition) is 6. The van der Waals surface area contributed by atoms with Gasteiger partial charge in [0.25, 0.3) is 5.91 Å². The van der Waals surface area contributed by atoms with Gasteiger partial charge < -0.3 is 29.7 Å². The maximum atomic E-state index is 16.0. The second kappa shape index (κ2) is 10.4. The van der Waals surface area contributed by atoms with Crippen molar-refractivity contribution in [3.63, 3.8) is 0 Å². The largest absolute Gasteiger partial charge is 0.451 e. The van der Waals surface area contributed by atoms with Crippen LogP contribution in [0.2, 0.25) is 0 Å². The lowest BCUT2D eigenvalue weighted by Gasteiger charge is -2.30. The van der Waals surface area contributed by atoms with Crippen LogP contribution in [0.3, 0.4) is 0 Å². The van der Waals surface area contributed by atoms with Gasteiger partial charge in [0, 0.05) is 38.4 Å². The summed E-state index contributed by atoms with van der Waals surface area (Å²) in [6.45, 7) is 6.08. The molecule has 0 bridgehead atoms. The lowest BCUT2D eigenvalue weighted by Crippen LogP contribution is -2.41. The number of nitrogens with zero attached hydrogens (tertiary/aromatic N) is 3. The number of rotatable bonds is 8. The first-order valence-electron chi connectivity index (χ1n) is 14.1. The fourth-order valence-corrected chi connectivity index (χ4v) is 6.27. The highest BCUT2D eigenvalue weighted by atomic mass is 19.1. The van der Waals surface area contributed by atoms with Crippen LogP contribution in [0.25, 0.3) is 27.4 Å². The van der Waals surface area contributed by atoms with Crippen LogP contribution in [-0.4, -0.2) is 68.1 Å². The summed E-state index contributed by atoms with van der Waals surface area (Å²) >= 11 is 0. The molecule has 10 heteroatoms. The first-order valence-corrected chi connectivity index (χ1v) is 14.1. The Kier molecular flexibility index (Phi) is 6.89. The summed E-state index contributed by atoms with van der Waals surface area (Å²) < 4.78 is 24.2. The second-order valence-electron chi connectivity index (χ2n) is 12.2. The minimum Gasteiger partial charge on any atom is -0.451 e. The Bertz CT molecular complexity index is 1800. The summed E-state index contributed by atoms with van der Waals surface area (Å²) in [5.41, 5.74) is 0.403. The topological polar surface area (TPSA) is 95.9 Å². The van der Waals surface area contributed by atoms with E-state index in [2.05, 4.69) is 10.6 Å². The summed E-state index contributed by atoms with van der Waals surface area (Å²) in [7, 11) is 3.93. The fraction of sp³-hybridized carbons (Fsp3) is 0.344. The van der Waals surface area contributed by atoms with Crippen LogP contribution in [-0.2, 0) is 4.79 Å². The van der Waals surface area contributed by atoms with E-state index < -0.39 is 17.2 Å². The Labute approximate surface area is 242 Å². The molecule has 3 heterocycles. The van der Waals surface area contributed by atoms with E-state index in [0.29, 0.717) is 49.4 Å². The lowest BCUT2D eigenvalue weighted by molar-refractivity contribution is -0.110. The molecule has 42 heavy (non-hydrogen) atoms. The number of ether oxygens (including phenoxy) is 1. The van der Waals surface area contributed by atoms with Gasteiger partial charge in [-0.15, -0.1) is 0 Å². The van der Waals surface area contributed by atoms with Gasteiger partial charge >= 0.3 is 0 Å². The Hall–Kier alpha value is -4.44. The predicted molar refractivity (Wildman–Crippen MR) is 162 cm³/mol. The van der Waals surface area contributed by atoms with Gasteiger partial charge in [-0.25, -0.2) is 4.39 Å². The third kappa shape index (κ3) is 4.85. The Morgan fingerprint density at radius 1 is 1.19 bits per heavy atom. The van der Waals surface area contributed by atoms with Gasteiger partial charge in [0.05, 0.1) is 11.1 Å². The van der Waals surface area contributed by atoms with Crippen molar-refractivity contribution < 1.29 is 18.7 Å². The molecule has 1 atom stereocenters. The molecule has 1 saturated heterocycles. The molecule has 4 aromatic rings. The first kappa shape index (κ1) is 27.7. The van der Waals surface area contributed by atoms with Crippen molar-refractivity contribution in [3.8, 4) is 17.2 Å². The summed E-state index contributed by atoms with van der Waals surface area (Å²) in [5, 5.41) is 7.66. The van der Waals surface area contributed by atoms with Crippen LogP contribution in [0.1, 0.15) is 30.6 Å². The van der Waals surface area contributed by atoms with Crippen LogP contribution >= 0.6 is 0 Å². The molecular formula is C32H34FN5O4. The lowest BCUT2D eigenvalue weighted by atomic mass is 9.93. The number of hydrogen-bond donors (Lipinski definition) is 2. The van der Waals surface area contributed by atoms with Gasteiger partial charge in [0.2, 0.25) is 11.8 Å². The second-order valence-corrected chi connectivity index (χ2v) is 12.2. The van der Waals surface area contributed by atoms with Gasteiger partial charge in [-0.3, -0.25) is 14.4 Å². The molecule has 2 amide bonds. The summed E-state index contributed by atoms with van der Waals surface area (Å²) in [5.74, 6) is -0.435. The van der Waals surface area contributed by atoms with Crippen molar-refractivity contribution >= 4 is 39.7 Å². The summed E-state index contributed by atoms with van der Waals surface area (Å²) in [4.78, 5) is 42.2. The number of carbonyl (C=O) groups is 2. The fourth-order valence-electron chi connectivity index (χ4n) is 6.27. The smallest absolute Gasteiger partial charge is 0.256 e. The highest BCUT2D eigenvalue weighted by molar-refractivity contribution is 6.02. The zero-order chi connectivity index (χ0) is 29.8. The highest BCUT2D eigenvalue weighted by Gasteiger charge is 2.33. The summed E-state index contributed by atoms with van der Waals surface area (Å²) in [6.07, 6.45) is 2.84. The van der Waals surface area contributed by atoms with E-state index in [4.69, 9.17) is 4.74 Å². The molecule has 2 N–H and O–H groups in total. The molecule has 2 aliphatic rings. The number of anilines is 1. The van der Waals surface area contributed by atoms with Crippen molar-refractivity contribution in [2.24, 2.45) is 5.41 Å². The SMILES string of the molecule is CN(C)CC(C)(C)CNC(=O)c1cn2c3c(c(N4CCC(NC=O)C4)c(F)cc3c1=O)Oc1cc3ccccc3cc1-2. The van der Waals surface area contributed by atoms with E-state index in [0.717, 1.165) is 17.3 Å². The van der Waals surface area contributed by atoms with Gasteiger partial charge in [0.1, 0.15) is 16.8 Å². The number of amides is 2. The van der Waals surface area contributed by atoms with Crippen LogP contribution in [0.5, 0.6) is 11.5 Å². The Balaban J connectivity index is 1.53. The van der Waals surface area contributed by atoms with Crippen LogP contribution in [0.4, 0.5) is 10.1 Å². The Morgan fingerprint density at radius 2 is 1.93 bits per heavy atom. The zero-order valence-corrected chi connectivity index (χ0v) is 24.2. The van der Waals surface area contributed by atoms with Crippen LogP contribution < -0.4 is 25.7 Å². The minimum atomic E-state index is -0.623. The van der Waals surface area contributed by atoms with Gasteiger partial charge in [-0.05, 0) is 54.9 Å². The number of carbonyl (C=O) groups excluding carboxylic acids is 2. The maximum absolute atomic E-state index is 16.0. The van der Waals surface area contributed by atoms with Crippen LogP contribution in [0.15, 0.2) is 53.5 Å². The van der Waals surface area contributed by atoms with E-state index in [-0.39, 0.29) is 33.8 Å². The van der Waals surface area contributed by atoms with Crippen molar-refractivity contribution in [3.05, 3.63) is 70.3 Å². The van der Waals surface area contributed by atoms with Crippen molar-refractivity contribution in [2.75, 3.05) is 45.2 Å². The molecule has 1 fully saturated rings. The first-order chi connectivity index (χ1) is 20.1. The predicted octanol–water partition coefficient (Wildman–Crippen LogP) is 4.03. The van der Waals surface area contributed by atoms with E-state index in [9.17, 15) is 14.4 Å². The number of aromatic nitrogens is 1. The molecule has 0 saturated carbocycles. The van der Waals surface area contributed by atoms with Crippen LogP contribution in [0, 0.1) is 11.2 Å². The average Bonchev–Trinajstić information content (AvgIpc) is 3.39. The molecule has 0 spiro atoms. The highest BCUT2D eigenvalue weighted by Crippen LogP contribution is 2.48. The quantitative estimate of drug-likeness (QED) is 0.273. The minimum absolute atomic E-state index is 0.0621. The molecule has 0 aliphatic carbocycles. The Morgan fingerprint density at radius 3 is 2.64 bits per heavy atom. The van der Waals surface area contributed by atoms with E-state index in [1.807, 2.05) is 74.1 Å². The average molecular weight is 572 g/mol. The maximum Gasteiger partial charge on any atom is 0.256 e. The van der Waals surface area contributed by atoms with Crippen molar-refractivity contribution in [1.29, 1.82) is 0 Å². The monoisotopic (exact) mass is 571 g/mol. The molecule has 9 nitrogen and oxygen atoms in total. The number of pyridine rings is 1. The van der Waals surface area contributed by atoms with Gasteiger partial charge in [0.15, 0.2) is 17.3 Å². The normalized spacial score (nSPS) is 16.0. The number of benzene rings is 3. The van der Waals surface area contributed by atoms with E-state index >= 15 is 4.39 Å². The van der Waals surface area contributed by atoms with E-state index in [1.54, 1.807) is 10.8 Å². The summed E-state index contributed by atoms with van der Waals surface area (Å²) in [6, 6.07) is 12.7. The molecule has 3 aromatic carbocycles. The van der Waals surface area contributed by atoms with Crippen molar-refractivity contribution in [1.82, 2.24) is 20.1 Å². The third-order valence-electron chi connectivity index (χ3n) is 7.99. The van der Waals surface area contributed by atoms with Gasteiger partial charge in [-0.1, -0.05) is 38.1 Å². The number of halogens is 1. The standard InChI is InChI=1S/C32H34FN5O4/c1-32(2,17-36(3)4)16-34-31(41)23-15-38-25-11-19-7-5-6-8-20(19)12-26(25)42-30-27(38)22(29(23)40)13-24(33)28(30)37-10-9-21(14-37)35-18-39/h5-8,11-13,15,18,21H,9-10,14,16-17H2,1-4H3,(H,34,41)(H,35,39). The van der Waals surface area contributed by atoms with Crippen molar-refractivity contribution in [2.45, 2.75) is 26.3 Å². The molecule has 218 valence electrons. The third-order valence-corrected chi connectivity index (χ3v) is 7.99.